The van der Waals surface area contributed by atoms with Gasteiger partial charge >= 0.3 is 5.97 Å². The van der Waals surface area contributed by atoms with Crippen LogP contribution in [0.1, 0.15) is 32.8 Å². The molecule has 1 aromatic rings. The fourth-order valence-electron chi connectivity index (χ4n) is 2.63. The van der Waals surface area contributed by atoms with Crippen molar-refractivity contribution in [2.45, 2.75) is 33.2 Å². The Bertz CT molecular complexity index is 654. The molecule has 0 aromatic carbocycles. The van der Waals surface area contributed by atoms with Crippen LogP contribution in [0.4, 0.5) is 5.82 Å². The van der Waals surface area contributed by atoms with Crippen LogP contribution in [-0.2, 0) is 9.53 Å². The largest absolute Gasteiger partial charge is 0.463 e. The van der Waals surface area contributed by atoms with Gasteiger partial charge in [0.05, 0.1) is 11.6 Å². The lowest BCUT2D eigenvalue weighted by molar-refractivity contribution is -0.137. The van der Waals surface area contributed by atoms with Crippen LogP contribution in [-0.4, -0.2) is 48.1 Å². The van der Waals surface area contributed by atoms with Crippen molar-refractivity contribution in [1.82, 2.24) is 9.88 Å². The second-order valence-electron chi connectivity index (χ2n) is 6.36. The van der Waals surface area contributed by atoms with E-state index in [4.69, 9.17) is 16.3 Å². The molecule has 0 saturated carbocycles. The zero-order valence-corrected chi connectivity index (χ0v) is 15.8. The molecular formula is C19H26ClN3O2. The smallest absolute Gasteiger partial charge is 0.330 e. The van der Waals surface area contributed by atoms with Gasteiger partial charge in [0.1, 0.15) is 5.82 Å². The number of aromatic nitrogens is 1. The fraction of sp³-hybridized carbons (Fsp3) is 0.474. The Morgan fingerprint density at radius 3 is 3.00 bits per heavy atom. The molecule has 5 nitrogen and oxygen atoms in total. The van der Waals surface area contributed by atoms with Gasteiger partial charge in [-0.05, 0) is 44.9 Å². The number of anilines is 1. The molecule has 0 unspecified atom stereocenters. The van der Waals surface area contributed by atoms with Crippen molar-refractivity contribution < 1.29 is 9.53 Å². The molecule has 6 heteroatoms. The van der Waals surface area contributed by atoms with Crippen LogP contribution in [0.15, 0.2) is 30.0 Å². The Labute approximate surface area is 154 Å². The van der Waals surface area contributed by atoms with Gasteiger partial charge in [-0.25, -0.2) is 9.78 Å². The number of pyridine rings is 1. The Morgan fingerprint density at radius 1 is 1.52 bits per heavy atom. The number of nitrogens with zero attached hydrogens (tertiary/aromatic N) is 2. The molecular weight excluding hydrogens is 338 g/mol. The minimum absolute atomic E-state index is 0.344. The van der Waals surface area contributed by atoms with Gasteiger partial charge < -0.3 is 10.1 Å². The molecule has 1 atom stereocenters. The van der Waals surface area contributed by atoms with E-state index in [0.717, 1.165) is 31.6 Å². The van der Waals surface area contributed by atoms with Crippen molar-refractivity contribution >= 4 is 29.5 Å². The van der Waals surface area contributed by atoms with E-state index in [0.29, 0.717) is 23.5 Å². The molecule has 25 heavy (non-hydrogen) atoms. The molecule has 0 spiro atoms. The molecule has 136 valence electrons. The number of carbonyl (C=O) groups excluding carboxylic acids is 1. The first-order valence-electron chi connectivity index (χ1n) is 8.60. The number of hydrogen-bond acceptors (Lipinski definition) is 5. The van der Waals surface area contributed by atoms with Crippen LogP contribution in [0.3, 0.4) is 0 Å². The molecule has 2 heterocycles. The average Bonchev–Trinajstić information content (AvgIpc) is 3.01. The zero-order chi connectivity index (χ0) is 18.2. The Hall–Kier alpha value is -1.85. The van der Waals surface area contributed by atoms with Crippen LogP contribution in [0.2, 0.25) is 5.02 Å². The molecule has 1 saturated heterocycles. The highest BCUT2D eigenvalue weighted by Gasteiger charge is 2.22. The van der Waals surface area contributed by atoms with E-state index in [-0.39, 0.29) is 5.97 Å². The highest BCUT2D eigenvalue weighted by molar-refractivity contribution is 6.33. The van der Waals surface area contributed by atoms with Crippen LogP contribution >= 0.6 is 11.6 Å². The number of allylic oxidation sites excluding steroid dienone is 1. The Kier molecular flexibility index (Phi) is 7.47. The molecule has 1 aliphatic heterocycles. The highest BCUT2D eigenvalue weighted by Crippen LogP contribution is 2.23. The lowest BCUT2D eigenvalue weighted by atomic mass is 10.2. The first kappa shape index (κ1) is 19.5. The molecule has 1 fully saturated rings. The van der Waals surface area contributed by atoms with Gasteiger partial charge in [-0.1, -0.05) is 23.3 Å². The SMILES string of the molecule is CCOC(=O)C=Cc1cnc(N[C@@H]2CCN(CC=C(C)C)C2)c(Cl)c1. The first-order chi connectivity index (χ1) is 12.0. The minimum Gasteiger partial charge on any atom is -0.463 e. The van der Waals surface area contributed by atoms with Crippen molar-refractivity contribution in [3.63, 3.8) is 0 Å². The number of nitrogens with one attached hydrogen (secondary N) is 1. The zero-order valence-electron chi connectivity index (χ0n) is 15.1. The monoisotopic (exact) mass is 363 g/mol. The second kappa shape index (κ2) is 9.59. The van der Waals surface area contributed by atoms with Crippen molar-refractivity contribution in [3.8, 4) is 0 Å². The Morgan fingerprint density at radius 2 is 2.32 bits per heavy atom. The normalized spacial score (nSPS) is 17.7. The van der Waals surface area contributed by atoms with E-state index in [1.807, 2.05) is 0 Å². The number of carbonyl (C=O) groups is 1. The number of ether oxygens (including phenoxy) is 1. The van der Waals surface area contributed by atoms with E-state index in [1.54, 1.807) is 25.3 Å². The van der Waals surface area contributed by atoms with Gasteiger partial charge in [-0.3, -0.25) is 4.90 Å². The van der Waals surface area contributed by atoms with E-state index in [2.05, 4.69) is 35.1 Å². The molecule has 1 aromatic heterocycles. The van der Waals surface area contributed by atoms with Gasteiger partial charge in [-0.2, -0.15) is 0 Å². The quantitative estimate of drug-likeness (QED) is 0.454. The topological polar surface area (TPSA) is 54.5 Å². The summed E-state index contributed by atoms with van der Waals surface area (Å²) in [4.78, 5) is 18.1. The van der Waals surface area contributed by atoms with Crippen molar-refractivity contribution in [3.05, 3.63) is 40.6 Å². The standard InChI is InChI=1S/C19H26ClN3O2/c1-4-25-18(24)6-5-15-11-17(20)19(21-12-15)22-16-8-10-23(13-16)9-7-14(2)3/h5-7,11-12,16H,4,8-10,13H2,1-3H3,(H,21,22)/t16-/m1/s1. The molecule has 0 bridgehead atoms. The van der Waals surface area contributed by atoms with E-state index < -0.39 is 0 Å². The molecule has 1 N–H and O–H groups in total. The maximum Gasteiger partial charge on any atom is 0.330 e. The van der Waals surface area contributed by atoms with Gasteiger partial charge in [0.2, 0.25) is 0 Å². The summed E-state index contributed by atoms with van der Waals surface area (Å²) in [5, 5.41) is 3.97. The second-order valence-corrected chi connectivity index (χ2v) is 6.76. The van der Waals surface area contributed by atoms with Crippen LogP contribution in [0.25, 0.3) is 6.08 Å². The highest BCUT2D eigenvalue weighted by atomic mass is 35.5. The van der Waals surface area contributed by atoms with Crippen LogP contribution in [0.5, 0.6) is 0 Å². The van der Waals surface area contributed by atoms with E-state index in [9.17, 15) is 4.79 Å². The lowest BCUT2D eigenvalue weighted by Crippen LogP contribution is -2.26. The number of rotatable bonds is 7. The van der Waals surface area contributed by atoms with Crippen molar-refractivity contribution in [2.24, 2.45) is 0 Å². The summed E-state index contributed by atoms with van der Waals surface area (Å²) in [7, 11) is 0. The maximum atomic E-state index is 11.3. The number of likely N-dealkylation sites (tertiary alicyclic amines) is 1. The van der Waals surface area contributed by atoms with E-state index in [1.165, 1.54) is 11.6 Å². The predicted molar refractivity (Wildman–Crippen MR) is 103 cm³/mol. The Balaban J connectivity index is 1.91. The molecule has 0 amide bonds. The summed E-state index contributed by atoms with van der Waals surface area (Å²) in [6.07, 6.45) is 8.04. The fourth-order valence-corrected chi connectivity index (χ4v) is 2.86. The molecule has 0 radical (unpaired) electrons. The summed E-state index contributed by atoms with van der Waals surface area (Å²) in [6.45, 7) is 9.40. The maximum absolute atomic E-state index is 11.3. The first-order valence-corrected chi connectivity index (χ1v) is 8.98. The third-order valence-corrected chi connectivity index (χ3v) is 4.22. The van der Waals surface area contributed by atoms with E-state index >= 15 is 0 Å². The number of esters is 1. The molecule has 1 aliphatic rings. The molecule has 2 rings (SSSR count). The minimum atomic E-state index is -0.372. The summed E-state index contributed by atoms with van der Waals surface area (Å²) in [5.41, 5.74) is 2.10. The van der Waals surface area contributed by atoms with Crippen molar-refractivity contribution in [1.29, 1.82) is 0 Å². The number of hydrogen-bond donors (Lipinski definition) is 1. The van der Waals surface area contributed by atoms with Crippen LogP contribution < -0.4 is 5.32 Å². The van der Waals surface area contributed by atoms with Gasteiger partial charge in [0.25, 0.3) is 0 Å². The number of halogens is 1. The third-order valence-electron chi connectivity index (χ3n) is 3.93. The van der Waals surface area contributed by atoms with Gasteiger partial charge in [-0.15, -0.1) is 0 Å². The summed E-state index contributed by atoms with van der Waals surface area (Å²) in [6, 6.07) is 2.14. The summed E-state index contributed by atoms with van der Waals surface area (Å²) < 4.78 is 4.85. The van der Waals surface area contributed by atoms with Gasteiger partial charge in [0, 0.05) is 37.9 Å². The van der Waals surface area contributed by atoms with Crippen molar-refractivity contribution in [2.75, 3.05) is 31.6 Å². The average molecular weight is 364 g/mol. The summed E-state index contributed by atoms with van der Waals surface area (Å²) in [5.74, 6) is 0.312. The van der Waals surface area contributed by atoms with Crippen LogP contribution in [0, 0.1) is 0 Å². The predicted octanol–water partition coefficient (Wildman–Crippen LogP) is 3.76. The summed E-state index contributed by atoms with van der Waals surface area (Å²) >= 11 is 6.33. The third kappa shape index (κ3) is 6.52. The van der Waals surface area contributed by atoms with Gasteiger partial charge in [0.15, 0.2) is 0 Å². The lowest BCUT2D eigenvalue weighted by Gasteiger charge is -2.16. The molecule has 0 aliphatic carbocycles.